The Morgan fingerprint density at radius 2 is 2.12 bits per heavy atom. The number of primary amides is 1. The van der Waals surface area contributed by atoms with Crippen molar-refractivity contribution in [2.24, 2.45) is 11.7 Å². The summed E-state index contributed by atoms with van der Waals surface area (Å²) in [6.07, 6.45) is 1.70. The van der Waals surface area contributed by atoms with Gasteiger partial charge >= 0.3 is 0 Å². The van der Waals surface area contributed by atoms with Crippen molar-refractivity contribution < 1.29 is 18.8 Å². The first-order chi connectivity index (χ1) is 12.0. The highest BCUT2D eigenvalue weighted by atomic mass is 16.3. The van der Waals surface area contributed by atoms with Crippen molar-refractivity contribution in [1.82, 2.24) is 4.90 Å². The largest absolute Gasteiger partial charge is 0.467 e. The SMILES string of the molecule is Cc1c(NC(=O)C2CC(=O)N(Cc3ccco3)C2)cccc1C(N)=O. The average Bonchev–Trinajstić information content (AvgIpc) is 3.20. The molecular weight excluding hydrogens is 322 g/mol. The predicted molar refractivity (Wildman–Crippen MR) is 90.6 cm³/mol. The van der Waals surface area contributed by atoms with Crippen molar-refractivity contribution in [2.45, 2.75) is 19.9 Å². The van der Waals surface area contributed by atoms with E-state index in [2.05, 4.69) is 5.32 Å². The van der Waals surface area contributed by atoms with Crippen molar-refractivity contribution >= 4 is 23.4 Å². The third-order valence-corrected chi connectivity index (χ3v) is 4.37. The molecule has 7 heteroatoms. The van der Waals surface area contributed by atoms with Gasteiger partial charge in [-0.25, -0.2) is 0 Å². The van der Waals surface area contributed by atoms with E-state index in [1.807, 2.05) is 0 Å². The number of rotatable bonds is 5. The molecule has 0 radical (unpaired) electrons. The second-order valence-corrected chi connectivity index (χ2v) is 6.09. The Morgan fingerprint density at radius 3 is 2.80 bits per heavy atom. The lowest BCUT2D eigenvalue weighted by Crippen LogP contribution is -2.28. The van der Waals surface area contributed by atoms with Crippen LogP contribution in [0.3, 0.4) is 0 Å². The Morgan fingerprint density at radius 1 is 1.32 bits per heavy atom. The second kappa shape index (κ2) is 6.80. The van der Waals surface area contributed by atoms with Gasteiger partial charge in [-0.3, -0.25) is 14.4 Å². The molecule has 130 valence electrons. The van der Waals surface area contributed by atoms with E-state index in [-0.39, 0.29) is 18.2 Å². The maximum Gasteiger partial charge on any atom is 0.249 e. The van der Waals surface area contributed by atoms with Crippen LogP contribution in [0.2, 0.25) is 0 Å². The molecule has 3 N–H and O–H groups in total. The Labute approximate surface area is 144 Å². The van der Waals surface area contributed by atoms with Crippen LogP contribution in [0.5, 0.6) is 0 Å². The lowest BCUT2D eigenvalue weighted by Gasteiger charge is -2.16. The zero-order chi connectivity index (χ0) is 18.0. The highest BCUT2D eigenvalue weighted by Gasteiger charge is 2.34. The number of nitrogens with one attached hydrogen (secondary N) is 1. The van der Waals surface area contributed by atoms with Gasteiger partial charge in [0.1, 0.15) is 5.76 Å². The number of furan rings is 1. The molecule has 25 heavy (non-hydrogen) atoms. The molecule has 3 rings (SSSR count). The average molecular weight is 341 g/mol. The Kier molecular flexibility index (Phi) is 4.56. The van der Waals surface area contributed by atoms with E-state index in [1.54, 1.807) is 48.4 Å². The molecule has 2 heterocycles. The molecular formula is C18H19N3O4. The first-order valence-electron chi connectivity index (χ1n) is 7.96. The minimum Gasteiger partial charge on any atom is -0.467 e. The molecule has 1 unspecified atom stereocenters. The van der Waals surface area contributed by atoms with Gasteiger partial charge < -0.3 is 20.4 Å². The normalized spacial score (nSPS) is 16.9. The zero-order valence-corrected chi connectivity index (χ0v) is 13.8. The molecule has 1 aromatic heterocycles. The summed E-state index contributed by atoms with van der Waals surface area (Å²) in [7, 11) is 0. The van der Waals surface area contributed by atoms with Crippen molar-refractivity contribution in [2.75, 3.05) is 11.9 Å². The molecule has 1 atom stereocenters. The van der Waals surface area contributed by atoms with Crippen LogP contribution in [-0.4, -0.2) is 29.2 Å². The van der Waals surface area contributed by atoms with E-state index >= 15 is 0 Å². The van der Waals surface area contributed by atoms with E-state index in [0.717, 1.165) is 0 Å². The van der Waals surface area contributed by atoms with E-state index in [9.17, 15) is 14.4 Å². The van der Waals surface area contributed by atoms with Crippen molar-refractivity contribution in [3.05, 3.63) is 53.5 Å². The third kappa shape index (κ3) is 3.55. The van der Waals surface area contributed by atoms with Crippen LogP contribution in [0.4, 0.5) is 5.69 Å². The van der Waals surface area contributed by atoms with Crippen molar-refractivity contribution in [1.29, 1.82) is 0 Å². The molecule has 0 bridgehead atoms. The zero-order valence-electron chi connectivity index (χ0n) is 13.8. The van der Waals surface area contributed by atoms with Gasteiger partial charge in [0.2, 0.25) is 17.7 Å². The Hall–Kier alpha value is -3.09. The number of nitrogens with zero attached hydrogens (tertiary/aromatic N) is 1. The number of likely N-dealkylation sites (tertiary alicyclic amines) is 1. The van der Waals surface area contributed by atoms with Gasteiger partial charge in [0, 0.05) is 24.2 Å². The lowest BCUT2D eigenvalue weighted by atomic mass is 10.0. The summed E-state index contributed by atoms with van der Waals surface area (Å²) < 4.78 is 5.25. The maximum absolute atomic E-state index is 12.5. The number of hydrogen-bond donors (Lipinski definition) is 2. The molecule has 0 spiro atoms. The van der Waals surface area contributed by atoms with Gasteiger partial charge in [0.05, 0.1) is 18.7 Å². The van der Waals surface area contributed by atoms with Gasteiger partial charge in [-0.1, -0.05) is 6.07 Å². The van der Waals surface area contributed by atoms with Crippen LogP contribution in [0.25, 0.3) is 0 Å². The van der Waals surface area contributed by atoms with Crippen molar-refractivity contribution in [3.8, 4) is 0 Å². The van der Waals surface area contributed by atoms with Crippen molar-refractivity contribution in [3.63, 3.8) is 0 Å². The van der Waals surface area contributed by atoms with Gasteiger partial charge in [0.15, 0.2) is 0 Å². The Balaban J connectivity index is 1.67. The van der Waals surface area contributed by atoms with Crippen LogP contribution in [0.1, 0.15) is 28.1 Å². The number of nitrogens with two attached hydrogens (primary N) is 1. The second-order valence-electron chi connectivity index (χ2n) is 6.09. The molecule has 7 nitrogen and oxygen atoms in total. The summed E-state index contributed by atoms with van der Waals surface area (Å²) in [6, 6.07) is 8.52. The summed E-state index contributed by atoms with van der Waals surface area (Å²) >= 11 is 0. The first-order valence-corrected chi connectivity index (χ1v) is 7.96. The van der Waals surface area contributed by atoms with Crippen LogP contribution in [0.15, 0.2) is 41.0 Å². The number of amides is 3. The van der Waals surface area contributed by atoms with E-state index in [0.29, 0.717) is 35.7 Å². The fourth-order valence-electron chi connectivity index (χ4n) is 2.96. The molecule has 0 saturated carbocycles. The highest BCUT2D eigenvalue weighted by molar-refractivity contribution is 6.00. The molecule has 0 aliphatic carbocycles. The summed E-state index contributed by atoms with van der Waals surface area (Å²) in [5.41, 5.74) is 6.82. The van der Waals surface area contributed by atoms with Gasteiger partial charge in [-0.15, -0.1) is 0 Å². The Bertz CT molecular complexity index is 814. The van der Waals surface area contributed by atoms with Crippen LogP contribution >= 0.6 is 0 Å². The maximum atomic E-state index is 12.5. The number of anilines is 1. The highest BCUT2D eigenvalue weighted by Crippen LogP contribution is 2.24. The van der Waals surface area contributed by atoms with Crippen LogP contribution in [0, 0.1) is 12.8 Å². The van der Waals surface area contributed by atoms with E-state index in [1.165, 1.54) is 0 Å². The monoisotopic (exact) mass is 341 g/mol. The van der Waals surface area contributed by atoms with Crippen LogP contribution in [-0.2, 0) is 16.1 Å². The first kappa shape index (κ1) is 16.8. The minimum atomic E-state index is -0.547. The lowest BCUT2D eigenvalue weighted by molar-refractivity contribution is -0.128. The van der Waals surface area contributed by atoms with E-state index < -0.39 is 11.8 Å². The summed E-state index contributed by atoms with van der Waals surface area (Å²) in [5, 5.41) is 2.80. The summed E-state index contributed by atoms with van der Waals surface area (Å²) in [4.78, 5) is 37.6. The molecule has 2 aromatic rings. The summed E-state index contributed by atoms with van der Waals surface area (Å²) in [6.45, 7) is 2.41. The third-order valence-electron chi connectivity index (χ3n) is 4.37. The molecule has 1 aromatic carbocycles. The minimum absolute atomic E-state index is 0.0841. The number of carbonyl (C=O) groups excluding carboxylic acids is 3. The standard InChI is InChI=1S/C18H19N3O4/c1-11-14(17(19)23)5-2-6-15(11)20-18(24)12-8-16(22)21(9-12)10-13-4-3-7-25-13/h2-7,12H,8-10H2,1H3,(H2,19,23)(H,20,24). The molecule has 1 fully saturated rings. The molecule has 1 aliphatic rings. The van der Waals surface area contributed by atoms with Crippen LogP contribution < -0.4 is 11.1 Å². The summed E-state index contributed by atoms with van der Waals surface area (Å²) in [5.74, 6) is -0.646. The topological polar surface area (TPSA) is 106 Å². The molecule has 3 amide bonds. The number of benzene rings is 1. The fraction of sp³-hybridized carbons (Fsp3) is 0.278. The van der Waals surface area contributed by atoms with Gasteiger partial charge in [-0.2, -0.15) is 0 Å². The smallest absolute Gasteiger partial charge is 0.249 e. The number of carbonyl (C=O) groups is 3. The number of hydrogen-bond acceptors (Lipinski definition) is 4. The van der Waals surface area contributed by atoms with E-state index in [4.69, 9.17) is 10.2 Å². The fourth-order valence-corrected chi connectivity index (χ4v) is 2.96. The van der Waals surface area contributed by atoms with Gasteiger partial charge in [0.25, 0.3) is 0 Å². The van der Waals surface area contributed by atoms with Gasteiger partial charge in [-0.05, 0) is 36.8 Å². The quantitative estimate of drug-likeness (QED) is 0.863. The molecule has 1 saturated heterocycles. The predicted octanol–water partition coefficient (Wildman–Crippen LogP) is 1.67. The molecule has 1 aliphatic heterocycles.